The molecule has 1 aliphatic carbocycles. The molecule has 6 nitrogen and oxygen atoms in total. The van der Waals surface area contributed by atoms with Gasteiger partial charge in [0.25, 0.3) is 5.91 Å². The fourth-order valence-corrected chi connectivity index (χ4v) is 5.32. The quantitative estimate of drug-likeness (QED) is 0.454. The van der Waals surface area contributed by atoms with E-state index in [4.69, 9.17) is 4.74 Å². The van der Waals surface area contributed by atoms with Gasteiger partial charge in [0.2, 0.25) is 5.91 Å². The summed E-state index contributed by atoms with van der Waals surface area (Å²) in [6.45, 7) is 1.09. The van der Waals surface area contributed by atoms with Crippen LogP contribution in [0.4, 0.5) is 4.39 Å². The van der Waals surface area contributed by atoms with E-state index in [9.17, 15) is 14.0 Å². The third kappa shape index (κ3) is 5.36. The van der Waals surface area contributed by atoms with Crippen LogP contribution in [0.25, 0.3) is 11.3 Å². The summed E-state index contributed by atoms with van der Waals surface area (Å²) in [5, 5.41) is 3.02. The zero-order valence-electron chi connectivity index (χ0n) is 20.3. The van der Waals surface area contributed by atoms with E-state index < -0.39 is 6.04 Å². The molecular formula is C29H32FN3O3. The number of hydrogen-bond donors (Lipinski definition) is 2. The molecule has 188 valence electrons. The Kier molecular flexibility index (Phi) is 7.47. The Bertz CT molecular complexity index is 1170. The lowest BCUT2D eigenvalue weighted by Gasteiger charge is -2.36. The van der Waals surface area contributed by atoms with Crippen molar-refractivity contribution in [1.29, 1.82) is 0 Å². The molecule has 2 heterocycles. The molecule has 2 aliphatic rings. The number of carbonyl (C=O) groups excluding carboxylic acids is 2. The van der Waals surface area contributed by atoms with Crippen LogP contribution in [0.1, 0.15) is 60.6 Å². The number of H-pyrrole nitrogens is 1. The average molecular weight is 490 g/mol. The maximum absolute atomic E-state index is 14.0. The first-order valence-corrected chi connectivity index (χ1v) is 12.8. The van der Waals surface area contributed by atoms with E-state index in [1.54, 1.807) is 23.1 Å². The molecule has 2 aromatic carbocycles. The van der Waals surface area contributed by atoms with Crippen LogP contribution in [-0.4, -0.2) is 47.0 Å². The van der Waals surface area contributed by atoms with Gasteiger partial charge < -0.3 is 19.9 Å². The number of hydrogen-bond acceptors (Lipinski definition) is 3. The molecule has 0 spiro atoms. The first kappa shape index (κ1) is 24.3. The number of halogens is 1. The standard InChI is InChI=1S/C29H32FN3O3/c30-22-14-12-21(13-15-22)27(28(34)31-19-24-11-6-18-36-24)33(23-9-4-5-10-23)29(35)26-17-16-25(32-26)20-7-2-1-3-8-20/h1-3,7-8,12-17,23-24,27,32H,4-6,9-11,18-19H2,(H,31,34)/t24-,27+/m1/s1. The summed E-state index contributed by atoms with van der Waals surface area (Å²) in [5.74, 6) is -0.884. The highest BCUT2D eigenvalue weighted by Gasteiger charge is 2.38. The van der Waals surface area contributed by atoms with Crippen LogP contribution >= 0.6 is 0 Å². The zero-order valence-corrected chi connectivity index (χ0v) is 20.3. The number of benzene rings is 2. The second-order valence-electron chi connectivity index (χ2n) is 9.64. The first-order valence-electron chi connectivity index (χ1n) is 12.8. The Hall–Kier alpha value is -3.45. The normalized spacial score (nSPS) is 18.8. The predicted octanol–water partition coefficient (Wildman–Crippen LogP) is 5.24. The van der Waals surface area contributed by atoms with Crippen molar-refractivity contribution in [2.45, 2.75) is 56.7 Å². The SMILES string of the molecule is O=C(NC[C@H]1CCCO1)[C@H](c1ccc(F)cc1)N(C(=O)c1ccc(-c2ccccc2)[nH]1)C1CCCC1. The van der Waals surface area contributed by atoms with E-state index in [1.807, 2.05) is 36.4 Å². The van der Waals surface area contributed by atoms with Crippen molar-refractivity contribution >= 4 is 11.8 Å². The van der Waals surface area contributed by atoms with Crippen LogP contribution < -0.4 is 5.32 Å². The predicted molar refractivity (Wildman–Crippen MR) is 136 cm³/mol. The molecule has 1 saturated heterocycles. The molecule has 2 atom stereocenters. The van der Waals surface area contributed by atoms with E-state index in [-0.39, 0.29) is 29.8 Å². The van der Waals surface area contributed by atoms with E-state index >= 15 is 0 Å². The lowest BCUT2D eigenvalue weighted by Crippen LogP contribution is -2.49. The third-order valence-corrected chi connectivity index (χ3v) is 7.19. The zero-order chi connectivity index (χ0) is 24.9. The molecule has 1 saturated carbocycles. The van der Waals surface area contributed by atoms with Gasteiger partial charge in [-0.15, -0.1) is 0 Å². The molecular weight excluding hydrogens is 457 g/mol. The molecule has 7 heteroatoms. The Morgan fingerprint density at radius 3 is 2.42 bits per heavy atom. The Labute approximate surface area is 210 Å². The van der Waals surface area contributed by atoms with Crippen LogP contribution in [0.2, 0.25) is 0 Å². The Morgan fingerprint density at radius 1 is 0.972 bits per heavy atom. The van der Waals surface area contributed by atoms with Gasteiger partial charge in [-0.2, -0.15) is 0 Å². The van der Waals surface area contributed by atoms with Crippen molar-refractivity contribution in [3.8, 4) is 11.3 Å². The molecule has 36 heavy (non-hydrogen) atoms. The van der Waals surface area contributed by atoms with Crippen molar-refractivity contribution in [2.24, 2.45) is 0 Å². The molecule has 0 bridgehead atoms. The van der Waals surface area contributed by atoms with Gasteiger partial charge in [0.05, 0.1) is 6.10 Å². The van der Waals surface area contributed by atoms with Crippen LogP contribution in [-0.2, 0) is 9.53 Å². The van der Waals surface area contributed by atoms with Gasteiger partial charge in [0.1, 0.15) is 17.6 Å². The molecule has 3 aromatic rings. The number of ether oxygens (including phenoxy) is 1. The maximum Gasteiger partial charge on any atom is 0.271 e. The van der Waals surface area contributed by atoms with Gasteiger partial charge in [0.15, 0.2) is 0 Å². The molecule has 2 N–H and O–H groups in total. The van der Waals surface area contributed by atoms with Gasteiger partial charge in [-0.1, -0.05) is 55.3 Å². The molecule has 2 fully saturated rings. The molecule has 0 radical (unpaired) electrons. The lowest BCUT2D eigenvalue weighted by atomic mass is 10.00. The van der Waals surface area contributed by atoms with Crippen LogP contribution in [0, 0.1) is 5.82 Å². The molecule has 5 rings (SSSR count). The fourth-order valence-electron chi connectivity index (χ4n) is 5.32. The van der Waals surface area contributed by atoms with Crippen LogP contribution in [0.5, 0.6) is 0 Å². The van der Waals surface area contributed by atoms with E-state index in [1.165, 1.54) is 12.1 Å². The molecule has 0 unspecified atom stereocenters. The first-order chi connectivity index (χ1) is 17.6. The summed E-state index contributed by atoms with van der Waals surface area (Å²) >= 11 is 0. The summed E-state index contributed by atoms with van der Waals surface area (Å²) in [7, 11) is 0. The lowest BCUT2D eigenvalue weighted by molar-refractivity contribution is -0.127. The minimum absolute atomic E-state index is 0.0183. The van der Waals surface area contributed by atoms with Crippen molar-refractivity contribution < 1.29 is 18.7 Å². The highest BCUT2D eigenvalue weighted by Crippen LogP contribution is 2.34. The van der Waals surface area contributed by atoms with Crippen LogP contribution in [0.3, 0.4) is 0 Å². The smallest absolute Gasteiger partial charge is 0.271 e. The Balaban J connectivity index is 1.48. The molecule has 1 aliphatic heterocycles. The monoisotopic (exact) mass is 489 g/mol. The second-order valence-corrected chi connectivity index (χ2v) is 9.64. The van der Waals surface area contributed by atoms with Gasteiger partial charge in [-0.05, 0) is 61.1 Å². The van der Waals surface area contributed by atoms with E-state index in [0.717, 1.165) is 49.8 Å². The number of nitrogens with one attached hydrogen (secondary N) is 2. The largest absolute Gasteiger partial charge is 0.376 e. The molecule has 1 aromatic heterocycles. The number of aromatic amines is 1. The van der Waals surface area contributed by atoms with Gasteiger partial charge in [-0.3, -0.25) is 9.59 Å². The topological polar surface area (TPSA) is 74.4 Å². The second kappa shape index (κ2) is 11.1. The number of rotatable bonds is 8. The van der Waals surface area contributed by atoms with Gasteiger partial charge in [0, 0.05) is 24.9 Å². The number of amides is 2. The highest BCUT2D eigenvalue weighted by molar-refractivity contribution is 5.97. The molecule has 2 amide bonds. The summed E-state index contributed by atoms with van der Waals surface area (Å²) < 4.78 is 19.5. The van der Waals surface area contributed by atoms with Crippen LogP contribution in [0.15, 0.2) is 66.7 Å². The van der Waals surface area contributed by atoms with E-state index in [0.29, 0.717) is 24.4 Å². The van der Waals surface area contributed by atoms with Crippen molar-refractivity contribution in [1.82, 2.24) is 15.2 Å². The minimum atomic E-state index is -0.869. The Morgan fingerprint density at radius 2 is 1.72 bits per heavy atom. The number of aromatic nitrogens is 1. The summed E-state index contributed by atoms with van der Waals surface area (Å²) in [5.41, 5.74) is 2.84. The minimum Gasteiger partial charge on any atom is -0.376 e. The van der Waals surface area contributed by atoms with Crippen molar-refractivity contribution in [2.75, 3.05) is 13.2 Å². The summed E-state index contributed by atoms with van der Waals surface area (Å²) in [6, 6.07) is 18.4. The van der Waals surface area contributed by atoms with Crippen molar-refractivity contribution in [3.63, 3.8) is 0 Å². The highest BCUT2D eigenvalue weighted by atomic mass is 19.1. The number of carbonyl (C=O) groups is 2. The van der Waals surface area contributed by atoms with Gasteiger partial charge in [-0.25, -0.2) is 4.39 Å². The van der Waals surface area contributed by atoms with Crippen molar-refractivity contribution in [3.05, 3.63) is 83.8 Å². The van der Waals surface area contributed by atoms with E-state index in [2.05, 4.69) is 10.3 Å². The average Bonchev–Trinajstić information content (AvgIpc) is 3.70. The number of nitrogens with zero attached hydrogens (tertiary/aromatic N) is 1. The maximum atomic E-state index is 14.0. The summed E-state index contributed by atoms with van der Waals surface area (Å²) in [6.07, 6.45) is 5.52. The third-order valence-electron chi connectivity index (χ3n) is 7.19. The van der Waals surface area contributed by atoms with Gasteiger partial charge >= 0.3 is 0 Å². The fraction of sp³-hybridized carbons (Fsp3) is 0.379. The summed E-state index contributed by atoms with van der Waals surface area (Å²) in [4.78, 5) is 32.7.